The van der Waals surface area contributed by atoms with Crippen LogP contribution in [0.5, 0.6) is 0 Å². The summed E-state index contributed by atoms with van der Waals surface area (Å²) in [4.78, 5) is 27.0. The fourth-order valence-corrected chi connectivity index (χ4v) is 6.18. The van der Waals surface area contributed by atoms with Crippen molar-refractivity contribution in [1.82, 2.24) is 20.3 Å². The Labute approximate surface area is 218 Å². The van der Waals surface area contributed by atoms with Crippen LogP contribution in [0, 0.1) is 0 Å². The first-order valence-corrected chi connectivity index (χ1v) is 14.0. The Hall–Kier alpha value is -3.54. The molecule has 0 unspecified atom stereocenters. The lowest BCUT2D eigenvalue weighted by Gasteiger charge is -2.24. The highest BCUT2D eigenvalue weighted by Crippen LogP contribution is 2.50. The van der Waals surface area contributed by atoms with E-state index in [0.29, 0.717) is 17.9 Å². The van der Waals surface area contributed by atoms with Gasteiger partial charge in [-0.2, -0.15) is 13.2 Å². The summed E-state index contributed by atoms with van der Waals surface area (Å²) in [6.45, 7) is 2.15. The summed E-state index contributed by atoms with van der Waals surface area (Å²) >= 11 is 0. The number of anilines is 1. The molecule has 5 rings (SSSR count). The maximum atomic E-state index is 13.6. The number of halogens is 3. The molecular formula is C26H26F3N5O3S. The molecule has 0 saturated heterocycles. The number of hydrogen-bond donors (Lipinski definition) is 1. The Morgan fingerprint density at radius 3 is 2.47 bits per heavy atom. The summed E-state index contributed by atoms with van der Waals surface area (Å²) in [6, 6.07) is 9.12. The van der Waals surface area contributed by atoms with Gasteiger partial charge in [0.15, 0.2) is 15.5 Å². The van der Waals surface area contributed by atoms with Crippen LogP contribution in [0.2, 0.25) is 0 Å². The van der Waals surface area contributed by atoms with Crippen LogP contribution in [0.25, 0.3) is 11.3 Å². The first kappa shape index (κ1) is 26.1. The molecule has 1 aromatic carbocycles. The molecule has 1 saturated carbocycles. The number of carbonyl (C=O) groups is 1. The van der Waals surface area contributed by atoms with Gasteiger partial charge < -0.3 is 5.32 Å². The van der Waals surface area contributed by atoms with Gasteiger partial charge in [0.1, 0.15) is 6.33 Å². The minimum Gasteiger partial charge on any atom is -0.334 e. The van der Waals surface area contributed by atoms with Gasteiger partial charge in [0.25, 0.3) is 0 Å². The number of urea groups is 1. The predicted molar refractivity (Wildman–Crippen MR) is 134 cm³/mol. The number of rotatable bonds is 5. The van der Waals surface area contributed by atoms with Crippen LogP contribution in [0.15, 0.2) is 53.8 Å². The van der Waals surface area contributed by atoms with Crippen molar-refractivity contribution in [3.63, 3.8) is 0 Å². The fraction of sp³-hybridized carbons (Fsp3) is 0.385. The Kier molecular flexibility index (Phi) is 6.62. The highest BCUT2D eigenvalue weighted by molar-refractivity contribution is 7.91. The zero-order chi connectivity index (χ0) is 27.1. The molecule has 1 spiro atoms. The van der Waals surface area contributed by atoms with Crippen molar-refractivity contribution in [2.75, 3.05) is 17.2 Å². The van der Waals surface area contributed by atoms with E-state index < -0.39 is 27.1 Å². The Bertz CT molecular complexity index is 1470. The van der Waals surface area contributed by atoms with Gasteiger partial charge in [-0.1, -0.05) is 31.9 Å². The second-order valence-corrected chi connectivity index (χ2v) is 11.9. The van der Waals surface area contributed by atoms with Crippen LogP contribution >= 0.6 is 0 Å². The van der Waals surface area contributed by atoms with Crippen molar-refractivity contribution < 1.29 is 26.4 Å². The minimum atomic E-state index is -4.66. The largest absolute Gasteiger partial charge is 0.434 e. The zero-order valence-electron chi connectivity index (χ0n) is 20.6. The number of aromatic nitrogens is 3. The molecular weight excluding hydrogens is 519 g/mol. The molecule has 0 bridgehead atoms. The number of amides is 2. The van der Waals surface area contributed by atoms with Crippen molar-refractivity contribution in [2.24, 2.45) is 0 Å². The Balaban J connectivity index is 1.41. The fourth-order valence-electron chi connectivity index (χ4n) is 5.30. The molecule has 3 aromatic rings. The standard InChI is InChI=1S/C26H26F3N5O3S/c1-2-38(36,37)18-7-5-17(6-8-18)13-31-24(35)34-15-25(11-3-4-12-25)23-21(34)10-9-20(33-23)19-14-30-16-32-22(19)26(27,28)29/h5-10,14,16H,2-4,11-13,15H2,1H3,(H,31,35). The lowest BCUT2D eigenvalue weighted by molar-refractivity contribution is -0.140. The van der Waals surface area contributed by atoms with Crippen LogP contribution in [0.1, 0.15) is 49.6 Å². The third-order valence-corrected chi connectivity index (χ3v) is 9.05. The van der Waals surface area contributed by atoms with Gasteiger partial charge in [0, 0.05) is 30.3 Å². The number of nitrogens with one attached hydrogen (secondary N) is 1. The zero-order valence-corrected chi connectivity index (χ0v) is 21.4. The molecule has 8 nitrogen and oxygen atoms in total. The lowest BCUT2D eigenvalue weighted by atomic mass is 9.84. The summed E-state index contributed by atoms with van der Waals surface area (Å²) in [5, 5.41) is 2.88. The van der Waals surface area contributed by atoms with Crippen LogP contribution in [-0.4, -0.2) is 41.7 Å². The Morgan fingerprint density at radius 1 is 1.11 bits per heavy atom. The molecule has 200 valence electrons. The maximum Gasteiger partial charge on any atom is 0.434 e. The summed E-state index contributed by atoms with van der Waals surface area (Å²) < 4.78 is 64.8. The van der Waals surface area contributed by atoms with Crippen molar-refractivity contribution in [3.05, 3.63) is 65.9 Å². The number of fused-ring (bicyclic) bond motifs is 2. The van der Waals surface area contributed by atoms with E-state index in [4.69, 9.17) is 0 Å². The molecule has 1 fully saturated rings. The van der Waals surface area contributed by atoms with E-state index >= 15 is 0 Å². The van der Waals surface area contributed by atoms with E-state index in [9.17, 15) is 26.4 Å². The van der Waals surface area contributed by atoms with E-state index in [1.807, 2.05) is 0 Å². The van der Waals surface area contributed by atoms with Gasteiger partial charge in [-0.05, 0) is 42.7 Å². The first-order valence-electron chi connectivity index (χ1n) is 12.3. The molecule has 0 atom stereocenters. The minimum absolute atomic E-state index is 0.00374. The number of alkyl halides is 3. The van der Waals surface area contributed by atoms with E-state index in [1.165, 1.54) is 18.2 Å². The number of carbonyl (C=O) groups excluding carboxylic acids is 1. The van der Waals surface area contributed by atoms with Crippen molar-refractivity contribution in [1.29, 1.82) is 0 Å². The molecule has 12 heteroatoms. The summed E-state index contributed by atoms with van der Waals surface area (Å²) in [5.74, 6) is 0.00374. The monoisotopic (exact) mass is 545 g/mol. The van der Waals surface area contributed by atoms with E-state index in [1.54, 1.807) is 30.0 Å². The van der Waals surface area contributed by atoms with Gasteiger partial charge in [-0.3, -0.25) is 4.90 Å². The van der Waals surface area contributed by atoms with Gasteiger partial charge in [0.2, 0.25) is 0 Å². The number of hydrogen-bond acceptors (Lipinski definition) is 6. The quantitative estimate of drug-likeness (QED) is 0.489. The average molecular weight is 546 g/mol. The van der Waals surface area contributed by atoms with Crippen LogP contribution < -0.4 is 10.2 Å². The lowest BCUT2D eigenvalue weighted by Crippen LogP contribution is -2.41. The smallest absolute Gasteiger partial charge is 0.334 e. The van der Waals surface area contributed by atoms with Crippen molar-refractivity contribution >= 4 is 21.6 Å². The number of benzene rings is 1. The van der Waals surface area contributed by atoms with E-state index in [0.717, 1.165) is 43.8 Å². The molecule has 1 aliphatic carbocycles. The molecule has 38 heavy (non-hydrogen) atoms. The maximum absolute atomic E-state index is 13.6. The average Bonchev–Trinajstić information content (AvgIpc) is 3.52. The number of pyridine rings is 1. The summed E-state index contributed by atoms with van der Waals surface area (Å²) in [7, 11) is -3.31. The highest BCUT2D eigenvalue weighted by Gasteiger charge is 2.48. The molecule has 2 amide bonds. The third kappa shape index (κ3) is 4.72. The van der Waals surface area contributed by atoms with Crippen LogP contribution in [0.4, 0.5) is 23.7 Å². The number of nitrogens with zero attached hydrogens (tertiary/aromatic N) is 4. The molecule has 1 N–H and O–H groups in total. The molecule has 1 aliphatic heterocycles. The predicted octanol–water partition coefficient (Wildman–Crippen LogP) is 4.89. The van der Waals surface area contributed by atoms with Crippen molar-refractivity contribution in [2.45, 2.75) is 55.6 Å². The molecule has 2 aromatic heterocycles. The second kappa shape index (κ2) is 9.64. The SMILES string of the molecule is CCS(=O)(=O)c1ccc(CNC(=O)N2CC3(CCCC3)c3nc(-c4cncnc4C(F)(F)F)ccc32)cc1. The first-order chi connectivity index (χ1) is 18.0. The second-order valence-electron chi connectivity index (χ2n) is 9.63. The van der Waals surface area contributed by atoms with Gasteiger partial charge in [0.05, 0.1) is 27.7 Å². The summed E-state index contributed by atoms with van der Waals surface area (Å²) in [6.07, 6.45) is 0.764. The molecule has 0 radical (unpaired) electrons. The molecule has 2 aliphatic rings. The normalized spacial score (nSPS) is 16.6. The van der Waals surface area contributed by atoms with E-state index in [-0.39, 0.29) is 34.5 Å². The van der Waals surface area contributed by atoms with Crippen LogP contribution in [0.3, 0.4) is 0 Å². The third-order valence-electron chi connectivity index (χ3n) is 7.30. The number of sulfone groups is 1. The van der Waals surface area contributed by atoms with Crippen LogP contribution in [-0.2, 0) is 28.0 Å². The van der Waals surface area contributed by atoms with Crippen molar-refractivity contribution in [3.8, 4) is 11.3 Å². The van der Waals surface area contributed by atoms with Gasteiger partial charge in [-0.25, -0.2) is 28.2 Å². The molecule has 3 heterocycles. The van der Waals surface area contributed by atoms with Gasteiger partial charge >= 0.3 is 12.2 Å². The highest BCUT2D eigenvalue weighted by atomic mass is 32.2. The topological polar surface area (TPSA) is 105 Å². The Morgan fingerprint density at radius 2 is 1.82 bits per heavy atom. The van der Waals surface area contributed by atoms with E-state index in [2.05, 4.69) is 20.3 Å². The van der Waals surface area contributed by atoms with Gasteiger partial charge in [-0.15, -0.1) is 0 Å². The summed E-state index contributed by atoms with van der Waals surface area (Å²) in [5.41, 5.74) is 0.371.